The minimum Gasteiger partial charge on any atom is -0.466 e. The first-order valence-corrected chi connectivity index (χ1v) is 5.53. The number of halogens is 4. The van der Waals surface area contributed by atoms with Crippen LogP contribution in [0.1, 0.15) is 24.6 Å². The monoisotopic (exact) mass is 311 g/mol. The number of alkyl halides is 2. The van der Waals surface area contributed by atoms with Crippen molar-refractivity contribution >= 4 is 21.9 Å². The Morgan fingerprint density at radius 2 is 2.24 bits per heavy atom. The van der Waals surface area contributed by atoms with Gasteiger partial charge in [0.1, 0.15) is 10.3 Å². The van der Waals surface area contributed by atoms with Gasteiger partial charge in [-0.05, 0) is 34.5 Å². The van der Waals surface area contributed by atoms with Crippen molar-refractivity contribution in [2.24, 2.45) is 0 Å². The van der Waals surface area contributed by atoms with Gasteiger partial charge in [0.15, 0.2) is 5.82 Å². The number of nitrogens with zero attached hydrogens (tertiary/aromatic N) is 1. The summed E-state index contributed by atoms with van der Waals surface area (Å²) in [5.74, 6) is -1.71. The van der Waals surface area contributed by atoms with E-state index in [0.717, 1.165) is 6.07 Å². The quantitative estimate of drug-likeness (QED) is 0.634. The van der Waals surface area contributed by atoms with Crippen molar-refractivity contribution in [3.05, 3.63) is 27.7 Å². The van der Waals surface area contributed by atoms with E-state index in [1.807, 2.05) is 0 Å². The van der Waals surface area contributed by atoms with E-state index in [2.05, 4.69) is 25.7 Å². The molecule has 0 aliphatic carbocycles. The van der Waals surface area contributed by atoms with Crippen LogP contribution in [-0.2, 0) is 16.0 Å². The van der Waals surface area contributed by atoms with Gasteiger partial charge in [0.05, 0.1) is 13.0 Å². The molecule has 0 radical (unpaired) electrons. The predicted molar refractivity (Wildman–Crippen MR) is 57.2 cm³/mol. The molecular weight excluding hydrogens is 303 g/mol. The Morgan fingerprint density at radius 1 is 1.59 bits per heavy atom. The van der Waals surface area contributed by atoms with E-state index in [1.54, 1.807) is 6.92 Å². The average molecular weight is 312 g/mol. The Hall–Kier alpha value is -1.11. The topological polar surface area (TPSA) is 39.2 Å². The largest absolute Gasteiger partial charge is 0.466 e. The molecular formula is C10H9BrF3NO2. The fraction of sp³-hybridized carbons (Fsp3) is 0.400. The molecule has 0 aliphatic rings. The molecule has 0 N–H and O–H groups in total. The van der Waals surface area contributed by atoms with E-state index in [-0.39, 0.29) is 23.2 Å². The van der Waals surface area contributed by atoms with Gasteiger partial charge in [-0.3, -0.25) is 4.79 Å². The van der Waals surface area contributed by atoms with Gasteiger partial charge in [0.2, 0.25) is 0 Å². The van der Waals surface area contributed by atoms with Gasteiger partial charge in [-0.25, -0.2) is 18.2 Å². The number of esters is 1. The summed E-state index contributed by atoms with van der Waals surface area (Å²) in [4.78, 5) is 14.5. The van der Waals surface area contributed by atoms with Crippen LogP contribution in [-0.4, -0.2) is 17.6 Å². The van der Waals surface area contributed by atoms with Crippen molar-refractivity contribution in [2.75, 3.05) is 6.61 Å². The lowest BCUT2D eigenvalue weighted by atomic mass is 10.2. The number of rotatable bonds is 4. The minimum atomic E-state index is -3.00. The molecule has 0 saturated heterocycles. The second-order valence-corrected chi connectivity index (χ2v) is 3.84. The van der Waals surface area contributed by atoms with Gasteiger partial charge in [-0.15, -0.1) is 0 Å². The van der Waals surface area contributed by atoms with Gasteiger partial charge >= 0.3 is 5.97 Å². The highest BCUT2D eigenvalue weighted by atomic mass is 79.9. The molecule has 3 nitrogen and oxygen atoms in total. The fourth-order valence-corrected chi connectivity index (χ4v) is 1.61. The Kier molecular flexibility index (Phi) is 4.92. The Morgan fingerprint density at radius 3 is 2.76 bits per heavy atom. The van der Waals surface area contributed by atoms with Crippen molar-refractivity contribution in [1.82, 2.24) is 4.98 Å². The summed E-state index contributed by atoms with van der Waals surface area (Å²) in [6, 6.07) is 0.857. The highest BCUT2D eigenvalue weighted by Gasteiger charge is 2.19. The number of aromatic nitrogens is 1. The van der Waals surface area contributed by atoms with Crippen molar-refractivity contribution in [3.63, 3.8) is 0 Å². The maximum Gasteiger partial charge on any atom is 0.310 e. The van der Waals surface area contributed by atoms with Crippen LogP contribution < -0.4 is 0 Å². The molecule has 0 saturated carbocycles. The Labute approximate surface area is 104 Å². The lowest BCUT2D eigenvalue weighted by Gasteiger charge is -2.07. The maximum atomic E-state index is 13.2. The number of hydrogen-bond acceptors (Lipinski definition) is 3. The molecule has 0 spiro atoms. The van der Waals surface area contributed by atoms with Crippen molar-refractivity contribution in [2.45, 2.75) is 19.8 Å². The summed E-state index contributed by atoms with van der Waals surface area (Å²) in [5.41, 5.74) is -0.769. The van der Waals surface area contributed by atoms with E-state index in [0.29, 0.717) is 0 Å². The zero-order valence-corrected chi connectivity index (χ0v) is 10.4. The summed E-state index contributed by atoms with van der Waals surface area (Å²) in [6.07, 6.45) is -3.22. The Balaban J connectivity index is 2.95. The van der Waals surface area contributed by atoms with Crippen molar-refractivity contribution in [3.8, 4) is 0 Å². The number of hydrogen-bond donors (Lipinski definition) is 0. The molecule has 7 heteroatoms. The lowest BCUT2D eigenvalue weighted by molar-refractivity contribution is -0.142. The molecule has 0 atom stereocenters. The SMILES string of the molecule is CCOC(=O)Cc1cc(F)c(C(F)F)nc1Br. The summed E-state index contributed by atoms with van der Waals surface area (Å²) in [6.45, 7) is 1.83. The number of pyridine rings is 1. The molecule has 0 amide bonds. The maximum absolute atomic E-state index is 13.2. The van der Waals surface area contributed by atoms with Crippen LogP contribution in [0.4, 0.5) is 13.2 Å². The van der Waals surface area contributed by atoms with E-state index in [9.17, 15) is 18.0 Å². The molecule has 1 aromatic rings. The predicted octanol–water partition coefficient (Wildman–Crippen LogP) is 3.03. The summed E-state index contributed by atoms with van der Waals surface area (Å²) < 4.78 is 42.5. The molecule has 1 heterocycles. The standard InChI is InChI=1S/C10H9BrF3NO2/c1-2-17-7(16)4-5-3-6(12)8(10(13)14)15-9(5)11/h3,10H,2,4H2,1H3. The summed E-state index contributed by atoms with van der Waals surface area (Å²) >= 11 is 2.91. The third kappa shape index (κ3) is 3.69. The average Bonchev–Trinajstić information content (AvgIpc) is 2.22. The normalized spacial score (nSPS) is 10.7. The van der Waals surface area contributed by atoms with E-state index >= 15 is 0 Å². The van der Waals surface area contributed by atoms with Gasteiger partial charge in [0, 0.05) is 0 Å². The van der Waals surface area contributed by atoms with Crippen LogP contribution in [0.25, 0.3) is 0 Å². The van der Waals surface area contributed by atoms with Crippen LogP contribution in [0.15, 0.2) is 10.7 Å². The first-order valence-electron chi connectivity index (χ1n) is 4.74. The van der Waals surface area contributed by atoms with Gasteiger partial charge in [-0.1, -0.05) is 0 Å². The van der Waals surface area contributed by atoms with E-state index in [4.69, 9.17) is 0 Å². The Bertz CT molecular complexity index is 426. The molecule has 0 unspecified atom stereocenters. The zero-order chi connectivity index (χ0) is 13.0. The molecule has 94 valence electrons. The summed E-state index contributed by atoms with van der Waals surface area (Å²) in [7, 11) is 0. The first kappa shape index (κ1) is 14.0. The number of carbonyl (C=O) groups is 1. The van der Waals surface area contributed by atoms with Crippen LogP contribution >= 0.6 is 15.9 Å². The minimum absolute atomic E-state index is 0.0160. The molecule has 1 aromatic heterocycles. The first-order chi connectivity index (χ1) is 7.95. The van der Waals surface area contributed by atoms with Crippen LogP contribution in [0.5, 0.6) is 0 Å². The number of ether oxygens (including phenoxy) is 1. The highest BCUT2D eigenvalue weighted by Crippen LogP contribution is 2.25. The smallest absolute Gasteiger partial charge is 0.310 e. The third-order valence-corrected chi connectivity index (χ3v) is 2.56. The highest BCUT2D eigenvalue weighted by molar-refractivity contribution is 9.10. The molecule has 0 aromatic carbocycles. The van der Waals surface area contributed by atoms with Crippen LogP contribution in [0.2, 0.25) is 0 Å². The molecule has 0 fully saturated rings. The molecule has 1 rings (SSSR count). The van der Waals surface area contributed by atoms with Gasteiger partial charge in [-0.2, -0.15) is 0 Å². The second kappa shape index (κ2) is 6.00. The van der Waals surface area contributed by atoms with Crippen molar-refractivity contribution < 1.29 is 22.7 Å². The van der Waals surface area contributed by atoms with Gasteiger partial charge in [0.25, 0.3) is 6.43 Å². The van der Waals surface area contributed by atoms with Crippen LogP contribution in [0, 0.1) is 5.82 Å². The molecule has 0 bridgehead atoms. The van der Waals surface area contributed by atoms with Gasteiger partial charge < -0.3 is 4.74 Å². The van der Waals surface area contributed by atoms with E-state index < -0.39 is 23.9 Å². The van der Waals surface area contributed by atoms with Crippen LogP contribution in [0.3, 0.4) is 0 Å². The van der Waals surface area contributed by atoms with Crippen molar-refractivity contribution in [1.29, 1.82) is 0 Å². The zero-order valence-electron chi connectivity index (χ0n) is 8.84. The number of carbonyl (C=O) groups excluding carboxylic acids is 1. The summed E-state index contributed by atoms with van der Waals surface area (Å²) in [5, 5.41) is 0. The molecule has 17 heavy (non-hydrogen) atoms. The third-order valence-electron chi connectivity index (χ3n) is 1.88. The van der Waals surface area contributed by atoms with E-state index in [1.165, 1.54) is 0 Å². The fourth-order valence-electron chi connectivity index (χ4n) is 1.16. The second-order valence-electron chi connectivity index (χ2n) is 3.09. The lowest BCUT2D eigenvalue weighted by Crippen LogP contribution is -2.10. The molecule has 0 aliphatic heterocycles.